The molecule has 0 amide bonds. The van der Waals surface area contributed by atoms with Gasteiger partial charge in [-0.3, -0.25) is 0 Å². The van der Waals surface area contributed by atoms with Crippen LogP contribution in [0.3, 0.4) is 0 Å². The van der Waals surface area contributed by atoms with E-state index in [0.29, 0.717) is 13.6 Å². The van der Waals surface area contributed by atoms with Crippen LogP contribution >= 0.6 is 0 Å². The third-order valence-electron chi connectivity index (χ3n) is 0.402. The van der Waals surface area contributed by atoms with Gasteiger partial charge in [-0.25, -0.2) is 0 Å². The Morgan fingerprint density at radius 2 is 1.38 bits per heavy atom. The summed E-state index contributed by atoms with van der Waals surface area (Å²) in [5.41, 5.74) is 0. The molecule has 0 spiro atoms. The molecule has 0 saturated carbocycles. The molecule has 0 aliphatic rings. The zero-order chi connectivity index (χ0) is 5.54. The highest BCUT2D eigenvalue weighted by Crippen LogP contribution is 1.72. The van der Waals surface area contributed by atoms with Crippen LogP contribution in [0.15, 0.2) is 0 Å². The Kier molecular flexibility index (Phi) is 14.1. The van der Waals surface area contributed by atoms with Gasteiger partial charge in [-0.15, -0.1) is 0 Å². The first-order valence-corrected chi connectivity index (χ1v) is 1.97. The van der Waals surface area contributed by atoms with Crippen LogP contribution in [0.5, 0.6) is 0 Å². The van der Waals surface area contributed by atoms with Crippen LogP contribution in [0.4, 0.5) is 0 Å². The van der Waals surface area contributed by atoms with Crippen molar-refractivity contribution >= 4 is 0 Å². The largest absolute Gasteiger partial charge is 1.00 e. The molecule has 0 radical (unpaired) electrons. The van der Waals surface area contributed by atoms with Gasteiger partial charge in [0.15, 0.2) is 0 Å². The van der Waals surface area contributed by atoms with Crippen LogP contribution in [0.2, 0.25) is 0 Å². The van der Waals surface area contributed by atoms with E-state index in [1.165, 1.54) is 0 Å². The molecular weight excluding hydrogens is 131 g/mol. The van der Waals surface area contributed by atoms with Crippen molar-refractivity contribution in [1.29, 1.82) is 0 Å². The fourth-order valence-corrected chi connectivity index (χ4v) is 0.201. The second-order valence-electron chi connectivity index (χ2n) is 1.02. The molecule has 0 fully saturated rings. The first-order valence-electron chi connectivity index (χ1n) is 1.97. The number of methoxy groups -OCH3 is 2. The van der Waals surface area contributed by atoms with Crippen LogP contribution in [0, 0.1) is 0 Å². The summed E-state index contributed by atoms with van der Waals surface area (Å²) in [6.45, 7) is 0.599. The predicted molar refractivity (Wildman–Crippen MR) is 24.8 cm³/mol. The molecule has 0 aromatic carbocycles. The predicted octanol–water partition coefficient (Wildman–Crippen LogP) is -2.79. The van der Waals surface area contributed by atoms with E-state index in [1.807, 2.05) is 0 Å². The third kappa shape index (κ3) is 9.48. The minimum Gasteiger partial charge on any atom is -1.00 e. The SMILES string of the molecule is COCOCOC.[Cl-]. The van der Waals surface area contributed by atoms with Crippen LogP contribution in [-0.2, 0) is 14.2 Å². The van der Waals surface area contributed by atoms with E-state index in [0.717, 1.165) is 0 Å². The van der Waals surface area contributed by atoms with Gasteiger partial charge in [0.2, 0.25) is 0 Å². The molecule has 8 heavy (non-hydrogen) atoms. The lowest BCUT2D eigenvalue weighted by Crippen LogP contribution is -3.00. The van der Waals surface area contributed by atoms with Gasteiger partial charge in [0.1, 0.15) is 13.6 Å². The Hall–Kier alpha value is 0.170. The number of hydrogen-bond acceptors (Lipinski definition) is 3. The van der Waals surface area contributed by atoms with Crippen molar-refractivity contribution in [3.8, 4) is 0 Å². The van der Waals surface area contributed by atoms with Gasteiger partial charge >= 0.3 is 0 Å². The molecule has 0 bridgehead atoms. The molecule has 0 aromatic rings. The fraction of sp³-hybridized carbons (Fsp3) is 1.00. The van der Waals surface area contributed by atoms with Crippen molar-refractivity contribution < 1.29 is 26.6 Å². The molecule has 3 nitrogen and oxygen atoms in total. The first kappa shape index (κ1) is 11.0. The van der Waals surface area contributed by atoms with Crippen molar-refractivity contribution in [2.45, 2.75) is 0 Å². The van der Waals surface area contributed by atoms with Gasteiger partial charge in [-0.1, -0.05) is 0 Å². The number of halogens is 1. The lowest BCUT2D eigenvalue weighted by atomic mass is 11.3. The molecule has 0 rings (SSSR count). The molecule has 0 atom stereocenters. The van der Waals surface area contributed by atoms with Crippen molar-refractivity contribution in [3.05, 3.63) is 0 Å². The first-order chi connectivity index (χ1) is 3.41. The quantitative estimate of drug-likeness (QED) is 0.313. The minimum absolute atomic E-state index is 0. The Morgan fingerprint density at radius 1 is 1.00 bits per heavy atom. The molecule has 0 aliphatic heterocycles. The number of hydrogen-bond donors (Lipinski definition) is 0. The average Bonchev–Trinajstić information content (AvgIpc) is 1.69. The maximum absolute atomic E-state index is 4.69. The normalized spacial score (nSPS) is 8.25. The standard InChI is InChI=1S/C4H10O3.ClH/c1-5-3-7-4-6-2;/h3-4H2,1-2H3;1H/p-1. The van der Waals surface area contributed by atoms with Gasteiger partial charge in [0.25, 0.3) is 0 Å². The Morgan fingerprint density at radius 3 is 1.62 bits per heavy atom. The summed E-state index contributed by atoms with van der Waals surface area (Å²) in [5.74, 6) is 0. The van der Waals surface area contributed by atoms with Crippen molar-refractivity contribution in [2.75, 3.05) is 27.8 Å². The Balaban J connectivity index is 0. The Labute approximate surface area is 55.3 Å². The van der Waals surface area contributed by atoms with Gasteiger partial charge in [-0.2, -0.15) is 0 Å². The van der Waals surface area contributed by atoms with Crippen LogP contribution < -0.4 is 12.4 Å². The minimum atomic E-state index is 0. The molecule has 0 saturated heterocycles. The van der Waals surface area contributed by atoms with E-state index in [9.17, 15) is 0 Å². The van der Waals surface area contributed by atoms with Crippen molar-refractivity contribution in [3.63, 3.8) is 0 Å². The fourth-order valence-electron chi connectivity index (χ4n) is 0.201. The van der Waals surface area contributed by atoms with E-state index < -0.39 is 0 Å². The highest BCUT2D eigenvalue weighted by Gasteiger charge is 1.76. The summed E-state index contributed by atoms with van der Waals surface area (Å²) in [7, 11) is 3.13. The van der Waals surface area contributed by atoms with Crippen LogP contribution in [-0.4, -0.2) is 27.8 Å². The van der Waals surface area contributed by atoms with E-state index in [2.05, 4.69) is 14.2 Å². The highest BCUT2D eigenvalue weighted by molar-refractivity contribution is 3.95. The van der Waals surface area contributed by atoms with Crippen molar-refractivity contribution in [2.24, 2.45) is 0 Å². The summed E-state index contributed by atoms with van der Waals surface area (Å²) < 4.78 is 13.8. The summed E-state index contributed by atoms with van der Waals surface area (Å²) in [5, 5.41) is 0. The molecule has 52 valence electrons. The average molecular weight is 142 g/mol. The van der Waals surface area contributed by atoms with E-state index in [-0.39, 0.29) is 12.4 Å². The van der Waals surface area contributed by atoms with Crippen LogP contribution in [0.1, 0.15) is 0 Å². The third-order valence-corrected chi connectivity index (χ3v) is 0.402. The summed E-state index contributed by atoms with van der Waals surface area (Å²) in [6, 6.07) is 0. The summed E-state index contributed by atoms with van der Waals surface area (Å²) in [6.07, 6.45) is 0. The van der Waals surface area contributed by atoms with Gasteiger partial charge in [0, 0.05) is 14.2 Å². The maximum atomic E-state index is 4.69. The lowest BCUT2D eigenvalue weighted by molar-refractivity contribution is -0.107. The van der Waals surface area contributed by atoms with Gasteiger partial charge in [-0.05, 0) is 0 Å². The Bertz CT molecular complexity index is 30.5. The molecule has 0 heterocycles. The molecule has 4 heteroatoms. The number of ether oxygens (including phenoxy) is 3. The maximum Gasteiger partial charge on any atom is 0.149 e. The lowest BCUT2D eigenvalue weighted by Gasteiger charge is -1.97. The number of rotatable bonds is 4. The zero-order valence-corrected chi connectivity index (χ0v) is 5.77. The second-order valence-corrected chi connectivity index (χ2v) is 1.02. The zero-order valence-electron chi connectivity index (χ0n) is 5.02. The molecule has 0 aromatic heterocycles. The molecule has 0 N–H and O–H groups in total. The van der Waals surface area contributed by atoms with E-state index in [4.69, 9.17) is 0 Å². The van der Waals surface area contributed by atoms with Gasteiger partial charge < -0.3 is 26.6 Å². The van der Waals surface area contributed by atoms with E-state index in [1.54, 1.807) is 14.2 Å². The monoisotopic (exact) mass is 141 g/mol. The topological polar surface area (TPSA) is 27.7 Å². The van der Waals surface area contributed by atoms with Gasteiger partial charge in [0.05, 0.1) is 0 Å². The molecule has 0 unspecified atom stereocenters. The molecular formula is C4H10ClO3-. The van der Waals surface area contributed by atoms with Crippen LogP contribution in [0.25, 0.3) is 0 Å². The molecule has 0 aliphatic carbocycles. The highest BCUT2D eigenvalue weighted by atomic mass is 35.5. The summed E-state index contributed by atoms with van der Waals surface area (Å²) >= 11 is 0. The van der Waals surface area contributed by atoms with Crippen molar-refractivity contribution in [1.82, 2.24) is 0 Å². The smallest absolute Gasteiger partial charge is 0.149 e. The van der Waals surface area contributed by atoms with E-state index >= 15 is 0 Å². The summed E-state index contributed by atoms with van der Waals surface area (Å²) in [4.78, 5) is 0. The second kappa shape index (κ2) is 10.2.